The fourth-order valence-corrected chi connectivity index (χ4v) is 3.67. The molecule has 1 saturated heterocycles. The molecular formula is C16H25N3O4S. The van der Waals surface area contributed by atoms with E-state index in [1.54, 1.807) is 12.1 Å². The summed E-state index contributed by atoms with van der Waals surface area (Å²) in [5.41, 5.74) is 1.00. The fourth-order valence-electron chi connectivity index (χ4n) is 2.74. The number of carbonyl (C=O) groups excluding carboxylic acids is 1. The Hall–Kier alpha value is -1.64. The lowest BCUT2D eigenvalue weighted by Gasteiger charge is -2.36. The average Bonchev–Trinajstić information content (AvgIpc) is 2.60. The summed E-state index contributed by atoms with van der Waals surface area (Å²) < 4.78 is 30.6. The largest absolute Gasteiger partial charge is 0.465 e. The summed E-state index contributed by atoms with van der Waals surface area (Å²) in [6, 6.07) is 4.65. The molecule has 0 aromatic heterocycles. The molecular weight excluding hydrogens is 330 g/mol. The van der Waals surface area contributed by atoms with Gasteiger partial charge in [0.25, 0.3) is 0 Å². The fraction of sp³-hybridized carbons (Fsp3) is 0.562. The van der Waals surface area contributed by atoms with Crippen LogP contribution < -0.4 is 4.90 Å². The molecule has 24 heavy (non-hydrogen) atoms. The van der Waals surface area contributed by atoms with Crippen molar-refractivity contribution < 1.29 is 17.9 Å². The van der Waals surface area contributed by atoms with Crippen LogP contribution in [0.25, 0.3) is 0 Å². The third kappa shape index (κ3) is 3.71. The number of anilines is 1. The van der Waals surface area contributed by atoms with Gasteiger partial charge in [-0.05, 0) is 24.7 Å². The molecule has 0 amide bonds. The summed E-state index contributed by atoms with van der Waals surface area (Å²) >= 11 is 0. The van der Waals surface area contributed by atoms with Crippen LogP contribution in [0.3, 0.4) is 0 Å². The van der Waals surface area contributed by atoms with E-state index in [9.17, 15) is 13.2 Å². The highest BCUT2D eigenvalue weighted by Crippen LogP contribution is 2.27. The first kappa shape index (κ1) is 18.7. The molecule has 0 saturated carbocycles. The lowest BCUT2D eigenvalue weighted by atomic mass is 10.1. The first-order valence-electron chi connectivity index (χ1n) is 7.93. The lowest BCUT2D eigenvalue weighted by molar-refractivity contribution is 0.0601. The van der Waals surface area contributed by atoms with Crippen LogP contribution in [0.5, 0.6) is 0 Å². The minimum Gasteiger partial charge on any atom is -0.465 e. The van der Waals surface area contributed by atoms with E-state index in [0.717, 1.165) is 42.7 Å². The molecule has 7 nitrogen and oxygen atoms in total. The van der Waals surface area contributed by atoms with Gasteiger partial charge in [-0.25, -0.2) is 17.5 Å². The molecule has 1 aromatic carbocycles. The molecule has 0 atom stereocenters. The van der Waals surface area contributed by atoms with Gasteiger partial charge < -0.3 is 14.5 Å². The zero-order valence-corrected chi connectivity index (χ0v) is 15.5. The number of nitrogens with zero attached hydrogens (tertiary/aromatic N) is 3. The first-order valence-corrected chi connectivity index (χ1v) is 9.37. The van der Waals surface area contributed by atoms with Gasteiger partial charge in [0.1, 0.15) is 0 Å². The van der Waals surface area contributed by atoms with E-state index >= 15 is 0 Å². The molecule has 1 heterocycles. The van der Waals surface area contributed by atoms with Gasteiger partial charge in [0.2, 0.25) is 10.0 Å². The van der Waals surface area contributed by atoms with Crippen LogP contribution in [0.1, 0.15) is 17.3 Å². The summed E-state index contributed by atoms with van der Waals surface area (Å²) in [6.07, 6.45) is 0. The summed E-state index contributed by atoms with van der Waals surface area (Å²) in [4.78, 5) is 16.7. The van der Waals surface area contributed by atoms with Crippen molar-refractivity contribution in [3.8, 4) is 0 Å². The molecule has 134 valence electrons. The van der Waals surface area contributed by atoms with Crippen LogP contribution in [0.15, 0.2) is 23.1 Å². The predicted octanol–water partition coefficient (Wildman–Crippen LogP) is 0.865. The quantitative estimate of drug-likeness (QED) is 0.730. The smallest absolute Gasteiger partial charge is 0.340 e. The van der Waals surface area contributed by atoms with Gasteiger partial charge in [-0.1, -0.05) is 6.92 Å². The zero-order chi connectivity index (χ0) is 17.9. The van der Waals surface area contributed by atoms with Gasteiger partial charge >= 0.3 is 5.97 Å². The van der Waals surface area contributed by atoms with Gasteiger partial charge in [0.05, 0.1) is 23.3 Å². The summed E-state index contributed by atoms with van der Waals surface area (Å²) in [6.45, 7) is 6.52. The van der Waals surface area contributed by atoms with Crippen molar-refractivity contribution in [2.24, 2.45) is 0 Å². The Morgan fingerprint density at radius 3 is 2.33 bits per heavy atom. The minimum atomic E-state index is -3.60. The summed E-state index contributed by atoms with van der Waals surface area (Å²) in [7, 11) is 0.624. The Morgan fingerprint density at radius 2 is 1.83 bits per heavy atom. The zero-order valence-electron chi connectivity index (χ0n) is 14.7. The second kappa shape index (κ2) is 7.50. The number of carbonyl (C=O) groups is 1. The Kier molecular flexibility index (Phi) is 5.84. The number of esters is 1. The predicted molar refractivity (Wildman–Crippen MR) is 93.0 cm³/mol. The number of likely N-dealkylation sites (N-methyl/N-ethyl adjacent to an activating group) is 1. The van der Waals surface area contributed by atoms with Crippen molar-refractivity contribution in [2.45, 2.75) is 11.8 Å². The Labute approximate surface area is 143 Å². The number of hydrogen-bond acceptors (Lipinski definition) is 6. The highest BCUT2D eigenvalue weighted by molar-refractivity contribution is 7.89. The van der Waals surface area contributed by atoms with E-state index in [4.69, 9.17) is 4.74 Å². The second-order valence-electron chi connectivity index (χ2n) is 5.88. The van der Waals surface area contributed by atoms with E-state index < -0.39 is 16.0 Å². The van der Waals surface area contributed by atoms with Crippen LogP contribution in [0.2, 0.25) is 0 Å². The van der Waals surface area contributed by atoms with Crippen LogP contribution in [-0.4, -0.2) is 77.5 Å². The maximum absolute atomic E-state index is 12.3. The number of methoxy groups -OCH3 is 1. The van der Waals surface area contributed by atoms with Gasteiger partial charge in [0, 0.05) is 40.3 Å². The van der Waals surface area contributed by atoms with Gasteiger partial charge in [-0.15, -0.1) is 0 Å². The minimum absolute atomic E-state index is 0.0869. The third-order valence-electron chi connectivity index (χ3n) is 4.31. The van der Waals surface area contributed by atoms with Crippen molar-refractivity contribution in [1.82, 2.24) is 9.21 Å². The lowest BCUT2D eigenvalue weighted by Crippen LogP contribution is -2.46. The Bertz CT molecular complexity index is 695. The van der Waals surface area contributed by atoms with E-state index in [1.165, 1.54) is 27.3 Å². The highest BCUT2D eigenvalue weighted by atomic mass is 32.2. The molecule has 0 unspecified atom stereocenters. The standard InChI is InChI=1S/C16H25N3O4S/c1-5-18-8-10-19(11-9-18)15-7-6-13(24(21,22)17(2)3)12-14(15)16(20)23-4/h6-7,12H,5,8-11H2,1-4H3. The number of ether oxygens (including phenoxy) is 1. The Balaban J connectivity index is 2.40. The maximum atomic E-state index is 12.3. The van der Waals surface area contributed by atoms with Gasteiger partial charge in [0.15, 0.2) is 0 Å². The number of benzene rings is 1. The van der Waals surface area contributed by atoms with E-state index in [-0.39, 0.29) is 10.5 Å². The molecule has 0 radical (unpaired) electrons. The van der Waals surface area contributed by atoms with Crippen molar-refractivity contribution in [3.05, 3.63) is 23.8 Å². The van der Waals surface area contributed by atoms with Crippen LogP contribution in [-0.2, 0) is 14.8 Å². The van der Waals surface area contributed by atoms with E-state index in [2.05, 4.69) is 16.7 Å². The van der Waals surface area contributed by atoms with Gasteiger partial charge in [-0.3, -0.25) is 0 Å². The van der Waals surface area contributed by atoms with Crippen molar-refractivity contribution >= 4 is 21.7 Å². The molecule has 1 aliphatic heterocycles. The van der Waals surface area contributed by atoms with Crippen molar-refractivity contribution in [2.75, 3.05) is 58.8 Å². The third-order valence-corrected chi connectivity index (χ3v) is 6.12. The number of sulfonamides is 1. The first-order chi connectivity index (χ1) is 11.3. The normalized spacial score (nSPS) is 16.5. The number of piperazine rings is 1. The van der Waals surface area contributed by atoms with Crippen LogP contribution in [0.4, 0.5) is 5.69 Å². The summed E-state index contributed by atoms with van der Waals surface area (Å²) in [5, 5.41) is 0. The number of hydrogen-bond donors (Lipinski definition) is 0. The van der Waals surface area contributed by atoms with Crippen LogP contribution >= 0.6 is 0 Å². The Morgan fingerprint density at radius 1 is 1.21 bits per heavy atom. The van der Waals surface area contributed by atoms with Crippen molar-refractivity contribution in [1.29, 1.82) is 0 Å². The topological polar surface area (TPSA) is 70.2 Å². The molecule has 1 aromatic rings. The van der Waals surface area contributed by atoms with E-state index in [0.29, 0.717) is 0 Å². The molecule has 0 N–H and O–H groups in total. The number of rotatable bonds is 5. The maximum Gasteiger partial charge on any atom is 0.340 e. The molecule has 8 heteroatoms. The SMILES string of the molecule is CCN1CCN(c2ccc(S(=O)(=O)N(C)C)cc2C(=O)OC)CC1. The monoisotopic (exact) mass is 355 g/mol. The molecule has 0 spiro atoms. The average molecular weight is 355 g/mol. The van der Waals surface area contributed by atoms with Crippen LogP contribution in [0, 0.1) is 0 Å². The van der Waals surface area contributed by atoms with E-state index in [1.807, 2.05) is 0 Å². The molecule has 0 bridgehead atoms. The summed E-state index contributed by atoms with van der Waals surface area (Å²) in [5.74, 6) is -0.529. The molecule has 1 fully saturated rings. The molecule has 2 rings (SSSR count). The molecule has 1 aliphatic rings. The van der Waals surface area contributed by atoms with Gasteiger partial charge in [-0.2, -0.15) is 0 Å². The highest BCUT2D eigenvalue weighted by Gasteiger charge is 2.25. The van der Waals surface area contributed by atoms with Crippen molar-refractivity contribution in [3.63, 3.8) is 0 Å². The molecule has 0 aliphatic carbocycles. The second-order valence-corrected chi connectivity index (χ2v) is 8.03.